The SMILES string of the molecule is CN1CCCC2CN(C3(CN)CCN(C4CC4)C3)CCC21. The standard InChI is InChI=1S/C17H32N4/c1-19-8-2-3-14-11-21(9-6-16(14)19)17(12-18)7-10-20(13-17)15-4-5-15/h14-16H,2-13,18H2,1H3. The lowest BCUT2D eigenvalue weighted by Gasteiger charge is -2.51. The summed E-state index contributed by atoms with van der Waals surface area (Å²) in [5.41, 5.74) is 6.59. The molecule has 4 heteroatoms. The van der Waals surface area contributed by atoms with Gasteiger partial charge in [0.25, 0.3) is 0 Å². The van der Waals surface area contributed by atoms with Crippen molar-refractivity contribution in [3.8, 4) is 0 Å². The van der Waals surface area contributed by atoms with Crippen LogP contribution in [0.4, 0.5) is 0 Å². The molecule has 21 heavy (non-hydrogen) atoms. The highest BCUT2D eigenvalue weighted by Crippen LogP contribution is 2.39. The number of rotatable bonds is 3. The Kier molecular flexibility index (Phi) is 3.77. The van der Waals surface area contributed by atoms with Gasteiger partial charge in [-0.15, -0.1) is 0 Å². The molecule has 0 aromatic rings. The van der Waals surface area contributed by atoms with Crippen molar-refractivity contribution >= 4 is 0 Å². The topological polar surface area (TPSA) is 35.7 Å². The van der Waals surface area contributed by atoms with E-state index in [1.807, 2.05) is 0 Å². The van der Waals surface area contributed by atoms with E-state index >= 15 is 0 Å². The van der Waals surface area contributed by atoms with Crippen molar-refractivity contribution in [1.82, 2.24) is 14.7 Å². The van der Waals surface area contributed by atoms with Crippen molar-refractivity contribution < 1.29 is 0 Å². The zero-order valence-electron chi connectivity index (χ0n) is 13.6. The molecule has 2 N–H and O–H groups in total. The number of nitrogens with zero attached hydrogens (tertiary/aromatic N) is 3. The van der Waals surface area contributed by atoms with E-state index in [0.29, 0.717) is 5.54 Å². The maximum absolute atomic E-state index is 6.30. The molecule has 0 bridgehead atoms. The molecule has 0 amide bonds. The third-order valence-corrected chi connectivity index (χ3v) is 6.82. The first-order chi connectivity index (χ1) is 10.2. The van der Waals surface area contributed by atoms with Crippen LogP contribution in [0.1, 0.15) is 38.5 Å². The molecule has 3 unspecified atom stereocenters. The highest BCUT2D eigenvalue weighted by Gasteiger charge is 2.48. The molecule has 0 spiro atoms. The minimum atomic E-state index is 0.295. The zero-order valence-corrected chi connectivity index (χ0v) is 13.6. The predicted molar refractivity (Wildman–Crippen MR) is 86.3 cm³/mol. The molecule has 1 aliphatic carbocycles. The molecular weight excluding hydrogens is 260 g/mol. The van der Waals surface area contributed by atoms with E-state index in [-0.39, 0.29) is 0 Å². The molecule has 0 radical (unpaired) electrons. The fourth-order valence-corrected chi connectivity index (χ4v) is 5.28. The monoisotopic (exact) mass is 292 g/mol. The molecule has 3 heterocycles. The second-order valence-electron chi connectivity index (χ2n) is 8.07. The quantitative estimate of drug-likeness (QED) is 0.841. The summed E-state index contributed by atoms with van der Waals surface area (Å²) in [7, 11) is 2.33. The number of hydrogen-bond acceptors (Lipinski definition) is 4. The average molecular weight is 292 g/mol. The lowest BCUT2D eigenvalue weighted by molar-refractivity contribution is -0.0111. The van der Waals surface area contributed by atoms with E-state index < -0.39 is 0 Å². The number of nitrogens with two attached hydrogens (primary N) is 1. The van der Waals surface area contributed by atoms with Crippen molar-refractivity contribution in [2.24, 2.45) is 11.7 Å². The van der Waals surface area contributed by atoms with Gasteiger partial charge in [0.05, 0.1) is 0 Å². The lowest BCUT2D eigenvalue weighted by Crippen LogP contribution is -2.62. The summed E-state index contributed by atoms with van der Waals surface area (Å²) in [6.45, 7) is 7.24. The molecule has 4 aliphatic rings. The highest BCUT2D eigenvalue weighted by molar-refractivity contribution is 5.06. The second-order valence-corrected chi connectivity index (χ2v) is 8.07. The van der Waals surface area contributed by atoms with Crippen LogP contribution in [0.25, 0.3) is 0 Å². The maximum Gasteiger partial charge on any atom is 0.0470 e. The van der Waals surface area contributed by atoms with E-state index in [1.54, 1.807) is 0 Å². The van der Waals surface area contributed by atoms with Crippen LogP contribution in [-0.2, 0) is 0 Å². The first-order valence-corrected chi connectivity index (χ1v) is 9.11. The van der Waals surface area contributed by atoms with E-state index in [4.69, 9.17) is 5.73 Å². The number of hydrogen-bond donors (Lipinski definition) is 1. The molecule has 4 nitrogen and oxygen atoms in total. The molecule has 0 aromatic carbocycles. The van der Waals surface area contributed by atoms with Crippen molar-refractivity contribution in [2.45, 2.75) is 56.1 Å². The maximum atomic E-state index is 6.30. The van der Waals surface area contributed by atoms with E-state index in [1.165, 1.54) is 71.2 Å². The van der Waals surface area contributed by atoms with Gasteiger partial charge in [0.2, 0.25) is 0 Å². The van der Waals surface area contributed by atoms with Gasteiger partial charge in [0.1, 0.15) is 0 Å². The Labute approximate surface area is 129 Å². The van der Waals surface area contributed by atoms with Crippen LogP contribution in [0.3, 0.4) is 0 Å². The largest absolute Gasteiger partial charge is 0.329 e. The van der Waals surface area contributed by atoms with Crippen LogP contribution >= 0.6 is 0 Å². The Balaban J connectivity index is 1.45. The number of fused-ring (bicyclic) bond motifs is 1. The highest BCUT2D eigenvalue weighted by atomic mass is 15.3. The van der Waals surface area contributed by atoms with Crippen molar-refractivity contribution in [3.05, 3.63) is 0 Å². The van der Waals surface area contributed by atoms with Gasteiger partial charge < -0.3 is 10.6 Å². The Bertz CT molecular complexity index is 383. The first kappa shape index (κ1) is 14.4. The van der Waals surface area contributed by atoms with Crippen molar-refractivity contribution in [2.75, 3.05) is 46.3 Å². The Morgan fingerprint density at radius 2 is 1.95 bits per heavy atom. The third kappa shape index (κ3) is 2.54. The molecule has 3 aliphatic heterocycles. The van der Waals surface area contributed by atoms with Crippen LogP contribution in [0.5, 0.6) is 0 Å². The predicted octanol–water partition coefficient (Wildman–Crippen LogP) is 0.968. The summed E-state index contributed by atoms with van der Waals surface area (Å²) in [6.07, 6.45) is 8.32. The zero-order chi connectivity index (χ0) is 14.4. The van der Waals surface area contributed by atoms with Crippen LogP contribution in [-0.4, -0.2) is 78.6 Å². The molecule has 120 valence electrons. The average Bonchev–Trinajstić information content (AvgIpc) is 3.27. The molecule has 4 fully saturated rings. The van der Waals surface area contributed by atoms with Gasteiger partial charge in [-0.05, 0) is 58.0 Å². The van der Waals surface area contributed by atoms with Gasteiger partial charge in [-0.2, -0.15) is 0 Å². The molecule has 0 aromatic heterocycles. The van der Waals surface area contributed by atoms with E-state index in [9.17, 15) is 0 Å². The minimum Gasteiger partial charge on any atom is -0.329 e. The number of likely N-dealkylation sites (tertiary alicyclic amines) is 3. The van der Waals surface area contributed by atoms with Gasteiger partial charge in [0.15, 0.2) is 0 Å². The smallest absolute Gasteiger partial charge is 0.0470 e. The van der Waals surface area contributed by atoms with E-state index in [2.05, 4.69) is 21.7 Å². The van der Waals surface area contributed by atoms with Gasteiger partial charge in [0, 0.05) is 50.3 Å². The normalized spacial score (nSPS) is 43.1. The Morgan fingerprint density at radius 1 is 1.10 bits per heavy atom. The Morgan fingerprint density at radius 3 is 2.71 bits per heavy atom. The molecule has 3 saturated heterocycles. The van der Waals surface area contributed by atoms with Crippen molar-refractivity contribution in [1.29, 1.82) is 0 Å². The van der Waals surface area contributed by atoms with Crippen LogP contribution < -0.4 is 5.73 Å². The molecule has 4 rings (SSSR count). The van der Waals surface area contributed by atoms with Crippen LogP contribution in [0, 0.1) is 5.92 Å². The second kappa shape index (κ2) is 5.48. The molecular formula is C17H32N4. The summed E-state index contributed by atoms with van der Waals surface area (Å²) in [6, 6.07) is 1.74. The summed E-state index contributed by atoms with van der Waals surface area (Å²) < 4.78 is 0. The molecule has 1 saturated carbocycles. The summed E-state index contributed by atoms with van der Waals surface area (Å²) in [5.74, 6) is 0.885. The van der Waals surface area contributed by atoms with E-state index in [0.717, 1.165) is 24.5 Å². The summed E-state index contributed by atoms with van der Waals surface area (Å²) in [4.78, 5) is 8.15. The van der Waals surface area contributed by atoms with Crippen LogP contribution in [0.2, 0.25) is 0 Å². The van der Waals surface area contributed by atoms with Gasteiger partial charge in [-0.1, -0.05) is 0 Å². The van der Waals surface area contributed by atoms with Gasteiger partial charge in [-0.3, -0.25) is 9.80 Å². The van der Waals surface area contributed by atoms with Crippen LogP contribution in [0.15, 0.2) is 0 Å². The first-order valence-electron chi connectivity index (χ1n) is 9.11. The Hall–Kier alpha value is -0.160. The fraction of sp³-hybridized carbons (Fsp3) is 1.00. The minimum absolute atomic E-state index is 0.295. The van der Waals surface area contributed by atoms with Gasteiger partial charge in [-0.25, -0.2) is 0 Å². The van der Waals surface area contributed by atoms with Gasteiger partial charge >= 0.3 is 0 Å². The summed E-state index contributed by atoms with van der Waals surface area (Å²) in [5, 5.41) is 0. The molecule has 3 atom stereocenters. The lowest BCUT2D eigenvalue weighted by atomic mass is 9.81. The summed E-state index contributed by atoms with van der Waals surface area (Å²) >= 11 is 0. The van der Waals surface area contributed by atoms with Crippen molar-refractivity contribution in [3.63, 3.8) is 0 Å². The third-order valence-electron chi connectivity index (χ3n) is 6.82. The fourth-order valence-electron chi connectivity index (χ4n) is 5.28. The number of piperidine rings is 2.